The number of carbonyl (C=O) groups is 2. The summed E-state index contributed by atoms with van der Waals surface area (Å²) < 4.78 is 5.26. The van der Waals surface area contributed by atoms with Crippen molar-refractivity contribution in [3.05, 3.63) is 29.3 Å². The van der Waals surface area contributed by atoms with E-state index in [2.05, 4.69) is 0 Å². The quantitative estimate of drug-likeness (QED) is 0.925. The average Bonchev–Trinajstić information content (AvgIpc) is 2.46. The van der Waals surface area contributed by atoms with Crippen molar-refractivity contribution in [1.82, 2.24) is 4.90 Å². The van der Waals surface area contributed by atoms with Crippen LogP contribution in [0.4, 0.5) is 0 Å². The van der Waals surface area contributed by atoms with E-state index in [1.54, 1.807) is 17.0 Å². The lowest BCUT2D eigenvalue weighted by atomic mass is 9.97. The minimum absolute atomic E-state index is 0.000128. The molecular weight excluding hydrogens is 270 g/mol. The number of aryl methyl sites for hydroxylation is 1. The summed E-state index contributed by atoms with van der Waals surface area (Å²) in [6.07, 6.45) is 2.62. The summed E-state index contributed by atoms with van der Waals surface area (Å²) in [5, 5.41) is 9.02. The molecule has 21 heavy (non-hydrogen) atoms. The van der Waals surface area contributed by atoms with E-state index in [4.69, 9.17) is 9.84 Å². The van der Waals surface area contributed by atoms with Crippen molar-refractivity contribution in [2.75, 3.05) is 13.7 Å². The summed E-state index contributed by atoms with van der Waals surface area (Å²) in [5.74, 6) is -0.470. The second-order valence-corrected chi connectivity index (χ2v) is 5.45. The molecule has 2 rings (SSSR count). The smallest absolute Gasteiger partial charge is 0.305 e. The highest BCUT2D eigenvalue weighted by Gasteiger charge is 2.30. The Hall–Kier alpha value is -2.04. The second kappa shape index (κ2) is 6.61. The molecule has 0 radical (unpaired) electrons. The van der Waals surface area contributed by atoms with Gasteiger partial charge in [0.1, 0.15) is 5.75 Å². The highest BCUT2D eigenvalue weighted by Crippen LogP contribution is 2.26. The molecule has 1 aliphatic heterocycles. The van der Waals surface area contributed by atoms with E-state index in [0.717, 1.165) is 24.8 Å². The standard InChI is InChI=1S/C16H21NO4/c1-11-6-7-14(21-2)13(9-11)16(20)17-8-4-3-5-12(17)10-15(18)19/h6-7,9,12H,3-5,8,10H2,1-2H3,(H,18,19). The normalized spacial score (nSPS) is 18.4. The number of carboxylic acid groups (broad SMARTS) is 1. The Bertz CT molecular complexity index is 541. The monoisotopic (exact) mass is 291 g/mol. The van der Waals surface area contributed by atoms with E-state index < -0.39 is 5.97 Å². The zero-order valence-corrected chi connectivity index (χ0v) is 12.5. The maximum Gasteiger partial charge on any atom is 0.305 e. The van der Waals surface area contributed by atoms with Crippen LogP contribution in [-0.4, -0.2) is 41.6 Å². The molecule has 1 fully saturated rings. The molecule has 5 heteroatoms. The molecule has 1 saturated heterocycles. The number of likely N-dealkylation sites (tertiary alicyclic amines) is 1. The molecule has 114 valence electrons. The number of hydrogen-bond donors (Lipinski definition) is 1. The fraction of sp³-hybridized carbons (Fsp3) is 0.500. The summed E-state index contributed by atoms with van der Waals surface area (Å²) >= 11 is 0. The van der Waals surface area contributed by atoms with Crippen LogP contribution in [0.3, 0.4) is 0 Å². The number of hydrogen-bond acceptors (Lipinski definition) is 3. The summed E-state index contributed by atoms with van der Waals surface area (Å²) in [6.45, 7) is 2.52. The topological polar surface area (TPSA) is 66.8 Å². The van der Waals surface area contributed by atoms with Crippen molar-refractivity contribution >= 4 is 11.9 Å². The molecule has 1 amide bonds. The minimum atomic E-state index is -0.865. The van der Waals surface area contributed by atoms with E-state index in [1.165, 1.54) is 7.11 Å². The number of aliphatic carboxylic acids is 1. The number of rotatable bonds is 4. The number of piperidine rings is 1. The average molecular weight is 291 g/mol. The van der Waals surface area contributed by atoms with E-state index in [9.17, 15) is 9.59 Å². The highest BCUT2D eigenvalue weighted by atomic mass is 16.5. The summed E-state index contributed by atoms with van der Waals surface area (Å²) in [4.78, 5) is 25.5. The molecule has 1 unspecified atom stereocenters. The Labute approximate surface area is 124 Å². The van der Waals surface area contributed by atoms with Crippen molar-refractivity contribution in [3.63, 3.8) is 0 Å². The predicted molar refractivity (Wildman–Crippen MR) is 78.7 cm³/mol. The molecule has 0 aromatic heterocycles. The van der Waals surface area contributed by atoms with Crippen LogP contribution < -0.4 is 4.74 Å². The molecule has 1 aromatic rings. The Morgan fingerprint density at radius 2 is 2.14 bits per heavy atom. The van der Waals surface area contributed by atoms with Crippen LogP contribution in [0.5, 0.6) is 5.75 Å². The van der Waals surface area contributed by atoms with Crippen LogP contribution in [0, 0.1) is 6.92 Å². The fourth-order valence-corrected chi connectivity index (χ4v) is 2.83. The Balaban J connectivity index is 2.28. The number of ether oxygens (including phenoxy) is 1. The Kier molecular flexibility index (Phi) is 4.83. The van der Waals surface area contributed by atoms with Gasteiger partial charge in [0.15, 0.2) is 0 Å². The number of methoxy groups -OCH3 is 1. The molecule has 0 aliphatic carbocycles. The molecule has 1 aliphatic rings. The second-order valence-electron chi connectivity index (χ2n) is 5.45. The molecular formula is C16H21NO4. The zero-order valence-electron chi connectivity index (χ0n) is 12.5. The first kappa shape index (κ1) is 15.4. The molecule has 1 atom stereocenters. The predicted octanol–water partition coefficient (Wildman–Crippen LogP) is 2.47. The lowest BCUT2D eigenvalue weighted by Gasteiger charge is -2.35. The molecule has 0 spiro atoms. The van der Waals surface area contributed by atoms with Gasteiger partial charge in [-0.25, -0.2) is 0 Å². The maximum absolute atomic E-state index is 12.8. The van der Waals surface area contributed by atoms with Gasteiger partial charge in [0.05, 0.1) is 19.1 Å². The maximum atomic E-state index is 12.8. The third-order valence-corrected chi connectivity index (χ3v) is 3.88. The van der Waals surface area contributed by atoms with Crippen LogP contribution in [0.25, 0.3) is 0 Å². The number of benzene rings is 1. The van der Waals surface area contributed by atoms with Crippen molar-refractivity contribution < 1.29 is 19.4 Å². The molecule has 0 saturated carbocycles. The Morgan fingerprint density at radius 1 is 1.38 bits per heavy atom. The van der Waals surface area contributed by atoms with Gasteiger partial charge in [-0.05, 0) is 38.3 Å². The van der Waals surface area contributed by atoms with Crippen molar-refractivity contribution in [3.8, 4) is 5.75 Å². The van der Waals surface area contributed by atoms with Crippen LogP contribution in [0.1, 0.15) is 41.6 Å². The van der Waals surface area contributed by atoms with Gasteiger partial charge in [-0.2, -0.15) is 0 Å². The molecule has 1 heterocycles. The minimum Gasteiger partial charge on any atom is -0.496 e. The van der Waals surface area contributed by atoms with E-state index in [1.807, 2.05) is 13.0 Å². The van der Waals surface area contributed by atoms with Gasteiger partial charge in [-0.1, -0.05) is 11.6 Å². The molecule has 5 nitrogen and oxygen atoms in total. The van der Waals surface area contributed by atoms with Crippen LogP contribution >= 0.6 is 0 Å². The lowest BCUT2D eigenvalue weighted by molar-refractivity contribution is -0.138. The van der Waals surface area contributed by atoms with E-state index in [0.29, 0.717) is 17.9 Å². The van der Waals surface area contributed by atoms with Crippen LogP contribution in [-0.2, 0) is 4.79 Å². The lowest BCUT2D eigenvalue weighted by Crippen LogP contribution is -2.44. The number of carboxylic acids is 1. The van der Waals surface area contributed by atoms with Crippen molar-refractivity contribution in [1.29, 1.82) is 0 Å². The van der Waals surface area contributed by atoms with Gasteiger partial charge in [0, 0.05) is 12.6 Å². The largest absolute Gasteiger partial charge is 0.496 e. The van der Waals surface area contributed by atoms with Crippen LogP contribution in [0.2, 0.25) is 0 Å². The van der Waals surface area contributed by atoms with Gasteiger partial charge in [0.25, 0.3) is 5.91 Å². The Morgan fingerprint density at radius 3 is 2.81 bits per heavy atom. The summed E-state index contributed by atoms with van der Waals surface area (Å²) in [7, 11) is 1.53. The third-order valence-electron chi connectivity index (χ3n) is 3.88. The van der Waals surface area contributed by atoms with E-state index in [-0.39, 0.29) is 18.4 Å². The van der Waals surface area contributed by atoms with Gasteiger partial charge >= 0.3 is 5.97 Å². The number of amides is 1. The summed E-state index contributed by atoms with van der Waals surface area (Å²) in [5.41, 5.74) is 1.49. The van der Waals surface area contributed by atoms with Crippen molar-refractivity contribution in [2.24, 2.45) is 0 Å². The summed E-state index contributed by atoms with van der Waals surface area (Å²) in [6, 6.07) is 5.24. The van der Waals surface area contributed by atoms with E-state index >= 15 is 0 Å². The molecule has 1 N–H and O–H groups in total. The van der Waals surface area contributed by atoms with Gasteiger partial charge in [0.2, 0.25) is 0 Å². The van der Waals surface area contributed by atoms with Gasteiger partial charge in [-0.15, -0.1) is 0 Å². The first-order valence-corrected chi connectivity index (χ1v) is 7.20. The van der Waals surface area contributed by atoms with Gasteiger partial charge < -0.3 is 14.7 Å². The number of carbonyl (C=O) groups excluding carboxylic acids is 1. The van der Waals surface area contributed by atoms with Crippen LogP contribution in [0.15, 0.2) is 18.2 Å². The number of nitrogens with zero attached hydrogens (tertiary/aromatic N) is 1. The van der Waals surface area contributed by atoms with Crippen molar-refractivity contribution in [2.45, 2.75) is 38.6 Å². The first-order chi connectivity index (χ1) is 10.0. The highest BCUT2D eigenvalue weighted by molar-refractivity contribution is 5.97. The zero-order chi connectivity index (χ0) is 15.4. The third kappa shape index (κ3) is 3.54. The first-order valence-electron chi connectivity index (χ1n) is 7.20. The molecule has 1 aromatic carbocycles. The van der Waals surface area contributed by atoms with Gasteiger partial charge in [-0.3, -0.25) is 9.59 Å². The molecule has 0 bridgehead atoms. The fourth-order valence-electron chi connectivity index (χ4n) is 2.83. The SMILES string of the molecule is COc1ccc(C)cc1C(=O)N1CCCCC1CC(=O)O.